The number of hydrogen-bond donors (Lipinski definition) is 0. The van der Waals surface area contributed by atoms with Crippen molar-refractivity contribution in [2.75, 3.05) is 27.9 Å². The van der Waals surface area contributed by atoms with Crippen molar-refractivity contribution < 1.29 is 18.7 Å². The molecular weight excluding hydrogens is 308 g/mol. The first-order chi connectivity index (χ1) is 11.7. The fraction of sp³-hybridized carbons (Fsp3) is 0.500. The summed E-state index contributed by atoms with van der Waals surface area (Å²) in [6.07, 6.45) is 2.21. The van der Waals surface area contributed by atoms with E-state index in [4.69, 9.17) is 18.7 Å². The minimum atomic E-state index is 0.254. The minimum Gasteiger partial charge on any atom is -0.493 e. The van der Waals surface area contributed by atoms with Crippen LogP contribution in [0, 0.1) is 6.92 Å². The highest BCUT2D eigenvalue weighted by Crippen LogP contribution is 2.42. The van der Waals surface area contributed by atoms with Gasteiger partial charge < -0.3 is 18.7 Å². The molecule has 130 valence electrons. The first-order valence-corrected chi connectivity index (χ1v) is 8.13. The molecule has 1 aromatic carbocycles. The summed E-state index contributed by atoms with van der Waals surface area (Å²) < 4.78 is 21.9. The molecule has 0 unspecified atom stereocenters. The lowest BCUT2D eigenvalue weighted by Gasteiger charge is -2.24. The molecule has 1 aromatic heterocycles. The molecule has 1 atom stereocenters. The Kier molecular flexibility index (Phi) is 4.94. The van der Waals surface area contributed by atoms with Crippen LogP contribution in [-0.4, -0.2) is 37.9 Å². The van der Waals surface area contributed by atoms with Gasteiger partial charge in [-0.05, 0) is 32.4 Å². The van der Waals surface area contributed by atoms with Gasteiger partial charge in [0.2, 0.25) is 5.75 Å². The molecule has 0 radical (unpaired) electrons. The Morgan fingerprint density at radius 2 is 1.96 bits per heavy atom. The third kappa shape index (κ3) is 3.06. The van der Waals surface area contributed by atoms with Crippen molar-refractivity contribution in [1.29, 1.82) is 0 Å². The van der Waals surface area contributed by atoms with Gasteiger partial charge in [0.25, 0.3) is 0 Å². The molecule has 24 heavy (non-hydrogen) atoms. The lowest BCUT2D eigenvalue weighted by atomic mass is 10.1. The number of aromatic nitrogens is 1. The van der Waals surface area contributed by atoms with E-state index in [0.717, 1.165) is 48.7 Å². The van der Waals surface area contributed by atoms with Gasteiger partial charge in [0.1, 0.15) is 0 Å². The van der Waals surface area contributed by atoms with Crippen LogP contribution in [0.4, 0.5) is 0 Å². The Labute approximate surface area is 142 Å². The van der Waals surface area contributed by atoms with E-state index in [2.05, 4.69) is 10.1 Å². The summed E-state index contributed by atoms with van der Waals surface area (Å²) in [7, 11) is 4.90. The molecule has 0 aliphatic carbocycles. The lowest BCUT2D eigenvalue weighted by molar-refractivity contribution is 0.203. The Morgan fingerprint density at radius 1 is 1.17 bits per heavy atom. The molecule has 6 heteroatoms. The maximum absolute atomic E-state index is 5.60. The Bertz CT molecular complexity index is 698. The number of likely N-dealkylation sites (tertiary alicyclic amines) is 1. The molecule has 2 aromatic rings. The standard InChI is InChI=1S/C18H24N2O4/c1-12-10-16(24-19-12)14-6-5-9-20(14)11-13-7-8-15(21-2)18(23-4)17(13)22-3/h7-8,10,14H,5-6,9,11H2,1-4H3/t14-/m1/s1. The summed E-state index contributed by atoms with van der Waals surface area (Å²) in [6.45, 7) is 3.72. The largest absolute Gasteiger partial charge is 0.493 e. The van der Waals surface area contributed by atoms with Crippen molar-refractivity contribution in [3.63, 3.8) is 0 Å². The Morgan fingerprint density at radius 3 is 2.58 bits per heavy atom. The second-order valence-corrected chi connectivity index (χ2v) is 5.99. The summed E-state index contributed by atoms with van der Waals surface area (Å²) in [5.74, 6) is 2.95. The lowest BCUT2D eigenvalue weighted by Crippen LogP contribution is -2.23. The van der Waals surface area contributed by atoms with Crippen LogP contribution in [0.2, 0.25) is 0 Å². The van der Waals surface area contributed by atoms with Crippen molar-refractivity contribution >= 4 is 0 Å². The van der Waals surface area contributed by atoms with Gasteiger partial charge in [-0.1, -0.05) is 11.2 Å². The number of methoxy groups -OCH3 is 3. The smallest absolute Gasteiger partial charge is 0.203 e. The van der Waals surface area contributed by atoms with Crippen LogP contribution in [0.1, 0.15) is 35.9 Å². The van der Waals surface area contributed by atoms with E-state index >= 15 is 0 Å². The van der Waals surface area contributed by atoms with Gasteiger partial charge >= 0.3 is 0 Å². The van der Waals surface area contributed by atoms with E-state index in [-0.39, 0.29) is 6.04 Å². The molecule has 0 saturated carbocycles. The molecule has 1 aliphatic heterocycles. The van der Waals surface area contributed by atoms with E-state index in [1.54, 1.807) is 21.3 Å². The maximum Gasteiger partial charge on any atom is 0.203 e. The Balaban J connectivity index is 1.87. The molecule has 2 heterocycles. The minimum absolute atomic E-state index is 0.254. The second kappa shape index (κ2) is 7.13. The third-order valence-corrected chi connectivity index (χ3v) is 4.50. The van der Waals surface area contributed by atoms with Crippen molar-refractivity contribution in [1.82, 2.24) is 10.1 Å². The van der Waals surface area contributed by atoms with Crippen molar-refractivity contribution in [3.8, 4) is 17.2 Å². The SMILES string of the molecule is COc1ccc(CN2CCC[C@@H]2c2cc(C)no2)c(OC)c1OC. The molecule has 1 aliphatic rings. The maximum atomic E-state index is 5.60. The van der Waals surface area contributed by atoms with E-state index < -0.39 is 0 Å². The fourth-order valence-corrected chi connectivity index (χ4v) is 3.38. The van der Waals surface area contributed by atoms with Crippen molar-refractivity contribution in [3.05, 3.63) is 35.2 Å². The topological polar surface area (TPSA) is 57.0 Å². The van der Waals surface area contributed by atoms with E-state index in [1.807, 2.05) is 25.1 Å². The number of nitrogens with zero attached hydrogens (tertiary/aromatic N) is 2. The van der Waals surface area contributed by atoms with Gasteiger partial charge in [0.15, 0.2) is 17.3 Å². The summed E-state index contributed by atoms with van der Waals surface area (Å²) >= 11 is 0. The van der Waals surface area contributed by atoms with Crippen LogP contribution in [0.15, 0.2) is 22.7 Å². The average molecular weight is 332 g/mol. The highest BCUT2D eigenvalue weighted by molar-refractivity contribution is 5.55. The van der Waals surface area contributed by atoms with Crippen LogP contribution < -0.4 is 14.2 Å². The van der Waals surface area contributed by atoms with Crippen LogP contribution >= 0.6 is 0 Å². The number of rotatable bonds is 6. The summed E-state index contributed by atoms with van der Waals surface area (Å²) in [5.41, 5.74) is 1.99. The normalized spacial score (nSPS) is 17.9. The summed E-state index contributed by atoms with van der Waals surface area (Å²) in [6, 6.07) is 6.22. The molecule has 3 rings (SSSR count). The molecule has 0 bridgehead atoms. The van der Waals surface area contributed by atoms with Gasteiger partial charge in [-0.15, -0.1) is 0 Å². The number of ether oxygens (including phenoxy) is 3. The van der Waals surface area contributed by atoms with E-state index in [9.17, 15) is 0 Å². The highest BCUT2D eigenvalue weighted by atomic mass is 16.5. The molecule has 0 amide bonds. The first-order valence-electron chi connectivity index (χ1n) is 8.13. The zero-order valence-electron chi connectivity index (χ0n) is 14.7. The average Bonchev–Trinajstić information content (AvgIpc) is 3.22. The second-order valence-electron chi connectivity index (χ2n) is 5.99. The monoisotopic (exact) mass is 332 g/mol. The number of hydrogen-bond acceptors (Lipinski definition) is 6. The van der Waals surface area contributed by atoms with Crippen LogP contribution in [0.3, 0.4) is 0 Å². The fourth-order valence-electron chi connectivity index (χ4n) is 3.38. The quantitative estimate of drug-likeness (QED) is 0.808. The molecule has 1 fully saturated rings. The number of benzene rings is 1. The zero-order chi connectivity index (χ0) is 17.1. The van der Waals surface area contributed by atoms with Crippen LogP contribution in [0.25, 0.3) is 0 Å². The van der Waals surface area contributed by atoms with E-state index in [0.29, 0.717) is 11.5 Å². The highest BCUT2D eigenvalue weighted by Gasteiger charge is 2.30. The Hall–Kier alpha value is -2.21. The summed E-state index contributed by atoms with van der Waals surface area (Å²) in [5, 5.41) is 4.02. The summed E-state index contributed by atoms with van der Waals surface area (Å²) in [4.78, 5) is 2.39. The zero-order valence-corrected chi connectivity index (χ0v) is 14.7. The van der Waals surface area contributed by atoms with Crippen LogP contribution in [-0.2, 0) is 6.54 Å². The molecule has 0 spiro atoms. The predicted molar refractivity (Wildman–Crippen MR) is 89.7 cm³/mol. The van der Waals surface area contributed by atoms with E-state index in [1.165, 1.54) is 0 Å². The van der Waals surface area contributed by atoms with Crippen molar-refractivity contribution in [2.45, 2.75) is 32.4 Å². The van der Waals surface area contributed by atoms with Crippen molar-refractivity contribution in [2.24, 2.45) is 0 Å². The van der Waals surface area contributed by atoms with Gasteiger partial charge in [0, 0.05) is 18.2 Å². The molecule has 6 nitrogen and oxygen atoms in total. The number of aryl methyl sites for hydroxylation is 1. The van der Waals surface area contributed by atoms with Gasteiger partial charge in [0.05, 0.1) is 33.1 Å². The first kappa shape index (κ1) is 16.6. The predicted octanol–water partition coefficient (Wildman–Crippen LogP) is 3.35. The van der Waals surface area contributed by atoms with Gasteiger partial charge in [-0.25, -0.2) is 0 Å². The van der Waals surface area contributed by atoms with Gasteiger partial charge in [-0.2, -0.15) is 0 Å². The van der Waals surface area contributed by atoms with Crippen LogP contribution in [0.5, 0.6) is 17.2 Å². The third-order valence-electron chi connectivity index (χ3n) is 4.50. The molecule has 0 N–H and O–H groups in total. The molecule has 1 saturated heterocycles. The van der Waals surface area contributed by atoms with Gasteiger partial charge in [-0.3, -0.25) is 4.90 Å². The molecular formula is C18H24N2O4.